The first-order valence-corrected chi connectivity index (χ1v) is 4.82. The molecule has 11 heavy (non-hydrogen) atoms. The maximum absolute atomic E-state index is 9.60. The van der Waals surface area contributed by atoms with Gasteiger partial charge in [-0.3, -0.25) is 0 Å². The lowest BCUT2D eigenvalue weighted by Gasteiger charge is -2.27. The molecule has 0 aromatic rings. The van der Waals surface area contributed by atoms with Crippen LogP contribution >= 0.6 is 0 Å². The van der Waals surface area contributed by atoms with Crippen molar-refractivity contribution in [2.75, 3.05) is 0 Å². The number of aliphatic hydroxyl groups excluding tert-OH is 1. The van der Waals surface area contributed by atoms with Crippen LogP contribution in [-0.4, -0.2) is 11.2 Å². The van der Waals surface area contributed by atoms with Crippen molar-refractivity contribution in [2.24, 2.45) is 16.7 Å². The van der Waals surface area contributed by atoms with E-state index in [0.29, 0.717) is 10.8 Å². The summed E-state index contributed by atoms with van der Waals surface area (Å²) >= 11 is 0. The molecule has 0 amide bonds. The second kappa shape index (κ2) is 1.52. The molecule has 62 valence electrons. The van der Waals surface area contributed by atoms with Gasteiger partial charge in [0.05, 0.1) is 6.10 Å². The predicted molar refractivity (Wildman–Crippen MR) is 43.1 cm³/mol. The van der Waals surface area contributed by atoms with Crippen molar-refractivity contribution in [2.45, 2.75) is 45.1 Å². The van der Waals surface area contributed by atoms with Gasteiger partial charge in [0.25, 0.3) is 0 Å². The Morgan fingerprint density at radius 3 is 2.82 bits per heavy atom. The van der Waals surface area contributed by atoms with Crippen LogP contribution in [-0.2, 0) is 0 Å². The fourth-order valence-corrected chi connectivity index (χ4v) is 4.06. The Labute approximate surface area is 67.8 Å². The van der Waals surface area contributed by atoms with Crippen molar-refractivity contribution >= 4 is 0 Å². The first-order valence-electron chi connectivity index (χ1n) is 4.82. The van der Waals surface area contributed by atoms with Crippen LogP contribution in [0, 0.1) is 16.7 Å². The maximum Gasteiger partial charge on any atom is 0.0548 e. The lowest BCUT2D eigenvalue weighted by atomic mass is 9.81. The van der Waals surface area contributed by atoms with E-state index in [2.05, 4.69) is 6.92 Å². The molecule has 0 aromatic heterocycles. The topological polar surface area (TPSA) is 20.2 Å². The zero-order valence-electron chi connectivity index (χ0n) is 7.14. The number of hydrogen-bond acceptors (Lipinski definition) is 1. The van der Waals surface area contributed by atoms with Crippen LogP contribution in [0.15, 0.2) is 0 Å². The fourth-order valence-electron chi connectivity index (χ4n) is 4.06. The van der Waals surface area contributed by atoms with E-state index in [1.807, 2.05) is 0 Å². The smallest absolute Gasteiger partial charge is 0.0548 e. The van der Waals surface area contributed by atoms with Crippen LogP contribution in [0.4, 0.5) is 0 Å². The van der Waals surface area contributed by atoms with E-state index in [0.717, 1.165) is 18.8 Å². The van der Waals surface area contributed by atoms with Crippen LogP contribution in [0.2, 0.25) is 0 Å². The molecule has 1 N–H and O–H groups in total. The number of fused-ring (bicyclic) bond motifs is 1. The molecule has 0 radical (unpaired) electrons. The Morgan fingerprint density at radius 2 is 2.09 bits per heavy atom. The molecule has 2 bridgehead atoms. The summed E-state index contributed by atoms with van der Waals surface area (Å²) in [4.78, 5) is 0. The molecule has 3 fully saturated rings. The monoisotopic (exact) mass is 152 g/mol. The normalized spacial score (nSPS) is 66.0. The molecule has 3 saturated carbocycles. The van der Waals surface area contributed by atoms with Crippen LogP contribution in [0.25, 0.3) is 0 Å². The third kappa shape index (κ3) is 0.618. The highest BCUT2D eigenvalue weighted by Crippen LogP contribution is 2.78. The lowest BCUT2D eigenvalue weighted by molar-refractivity contribution is 0.0775. The zero-order valence-corrected chi connectivity index (χ0v) is 7.14. The van der Waals surface area contributed by atoms with E-state index in [4.69, 9.17) is 0 Å². The quantitative estimate of drug-likeness (QED) is 0.562. The Kier molecular flexibility index (Phi) is 0.893. The van der Waals surface area contributed by atoms with Crippen molar-refractivity contribution < 1.29 is 5.11 Å². The molecular weight excluding hydrogens is 136 g/mol. The van der Waals surface area contributed by atoms with Crippen molar-refractivity contribution in [1.82, 2.24) is 0 Å². The Hall–Kier alpha value is -0.0400. The highest BCUT2D eigenvalue weighted by molar-refractivity contribution is 5.20. The third-order valence-corrected chi connectivity index (χ3v) is 4.53. The Balaban J connectivity index is 1.95. The van der Waals surface area contributed by atoms with Gasteiger partial charge in [0, 0.05) is 0 Å². The first kappa shape index (κ1) is 6.47. The molecule has 0 aliphatic heterocycles. The van der Waals surface area contributed by atoms with Gasteiger partial charge in [0.1, 0.15) is 0 Å². The van der Waals surface area contributed by atoms with E-state index in [-0.39, 0.29) is 6.10 Å². The van der Waals surface area contributed by atoms with Crippen molar-refractivity contribution in [3.63, 3.8) is 0 Å². The number of hydrogen-bond donors (Lipinski definition) is 1. The first-order chi connectivity index (χ1) is 5.14. The standard InChI is InChI=1S/C10H16O/c1-9-3-7-2-8(11)5-10(9,4-7)6-9/h7-8,11H,2-6H2,1H3. The summed E-state index contributed by atoms with van der Waals surface area (Å²) < 4.78 is 0. The molecule has 4 unspecified atom stereocenters. The zero-order chi connectivity index (χ0) is 7.69. The summed E-state index contributed by atoms with van der Waals surface area (Å²) in [5, 5.41) is 9.60. The van der Waals surface area contributed by atoms with Gasteiger partial charge >= 0.3 is 0 Å². The van der Waals surface area contributed by atoms with Gasteiger partial charge in [-0.2, -0.15) is 0 Å². The van der Waals surface area contributed by atoms with Crippen LogP contribution < -0.4 is 0 Å². The van der Waals surface area contributed by atoms with Crippen molar-refractivity contribution in [3.8, 4) is 0 Å². The van der Waals surface area contributed by atoms with Crippen LogP contribution in [0.3, 0.4) is 0 Å². The Morgan fingerprint density at radius 1 is 1.27 bits per heavy atom. The maximum atomic E-state index is 9.60. The minimum absolute atomic E-state index is 0.0399. The highest BCUT2D eigenvalue weighted by atomic mass is 16.3. The van der Waals surface area contributed by atoms with Gasteiger partial charge in [-0.1, -0.05) is 6.92 Å². The fraction of sp³-hybridized carbons (Fsp3) is 1.00. The van der Waals surface area contributed by atoms with Crippen molar-refractivity contribution in [1.29, 1.82) is 0 Å². The van der Waals surface area contributed by atoms with Gasteiger partial charge in [0.2, 0.25) is 0 Å². The van der Waals surface area contributed by atoms with E-state index >= 15 is 0 Å². The molecular formula is C10H16O. The van der Waals surface area contributed by atoms with Gasteiger partial charge < -0.3 is 5.11 Å². The summed E-state index contributed by atoms with van der Waals surface area (Å²) in [6.45, 7) is 2.42. The van der Waals surface area contributed by atoms with E-state index in [1.165, 1.54) is 19.3 Å². The molecule has 0 saturated heterocycles. The molecule has 1 heteroatoms. The van der Waals surface area contributed by atoms with Crippen LogP contribution in [0.1, 0.15) is 39.0 Å². The summed E-state index contributed by atoms with van der Waals surface area (Å²) in [5.41, 5.74) is 1.28. The van der Waals surface area contributed by atoms with Gasteiger partial charge in [-0.05, 0) is 48.9 Å². The third-order valence-electron chi connectivity index (χ3n) is 4.53. The second-order valence-electron chi connectivity index (χ2n) is 5.39. The van der Waals surface area contributed by atoms with E-state index < -0.39 is 0 Å². The van der Waals surface area contributed by atoms with Gasteiger partial charge in [-0.25, -0.2) is 0 Å². The van der Waals surface area contributed by atoms with E-state index in [1.54, 1.807) is 0 Å². The number of aliphatic hydroxyl groups is 1. The van der Waals surface area contributed by atoms with Gasteiger partial charge in [0.15, 0.2) is 0 Å². The van der Waals surface area contributed by atoms with Crippen LogP contribution in [0.5, 0.6) is 0 Å². The molecule has 1 nitrogen and oxygen atoms in total. The Bertz CT molecular complexity index is 211. The SMILES string of the molecule is CC12CC3CC(O)CC1(C3)C2. The summed E-state index contributed by atoms with van der Waals surface area (Å²) in [7, 11) is 0. The summed E-state index contributed by atoms with van der Waals surface area (Å²) in [6.07, 6.45) is 6.49. The molecule has 1 spiro atoms. The average Bonchev–Trinajstić information content (AvgIpc) is 2.24. The highest BCUT2D eigenvalue weighted by Gasteiger charge is 2.70. The summed E-state index contributed by atoms with van der Waals surface area (Å²) in [6, 6.07) is 0. The summed E-state index contributed by atoms with van der Waals surface area (Å²) in [5.74, 6) is 0.873. The second-order valence-corrected chi connectivity index (χ2v) is 5.39. The predicted octanol–water partition coefficient (Wildman–Crippen LogP) is 1.95. The number of rotatable bonds is 0. The molecule has 3 aliphatic rings. The lowest BCUT2D eigenvalue weighted by Crippen LogP contribution is -2.23. The molecule has 3 aliphatic carbocycles. The van der Waals surface area contributed by atoms with Crippen molar-refractivity contribution in [3.05, 3.63) is 0 Å². The van der Waals surface area contributed by atoms with E-state index in [9.17, 15) is 5.11 Å². The molecule has 3 rings (SSSR count). The molecule has 0 aromatic carbocycles. The molecule has 4 atom stereocenters. The van der Waals surface area contributed by atoms with Gasteiger partial charge in [-0.15, -0.1) is 0 Å². The largest absolute Gasteiger partial charge is 0.393 e. The molecule has 0 heterocycles. The average molecular weight is 152 g/mol. The minimum atomic E-state index is 0.0399. The minimum Gasteiger partial charge on any atom is -0.393 e.